The fraction of sp³-hybridized carbons (Fsp3) is 0.579. The number of rotatable bonds is 5. The lowest BCUT2D eigenvalue weighted by Gasteiger charge is -2.53. The lowest BCUT2D eigenvalue weighted by atomic mass is 9.92. The van der Waals surface area contributed by atoms with E-state index in [1.54, 1.807) is 24.3 Å². The molecule has 0 spiro atoms. The van der Waals surface area contributed by atoms with Gasteiger partial charge in [-0.2, -0.15) is 4.79 Å². The van der Waals surface area contributed by atoms with Crippen molar-refractivity contribution in [2.24, 2.45) is 0 Å². The van der Waals surface area contributed by atoms with Crippen molar-refractivity contribution in [2.45, 2.75) is 44.8 Å². The van der Waals surface area contributed by atoms with E-state index in [1.807, 2.05) is 31.7 Å². The van der Waals surface area contributed by atoms with Gasteiger partial charge >= 0.3 is 12.1 Å². The smallest absolute Gasteiger partial charge is 0.480 e. The van der Waals surface area contributed by atoms with Crippen LogP contribution >= 0.6 is 0 Å². The first-order valence-electron chi connectivity index (χ1n) is 8.89. The minimum absolute atomic E-state index is 0.134. The monoisotopic (exact) mass is 365 g/mol. The first kappa shape index (κ1) is 20.4. The second-order valence-electron chi connectivity index (χ2n) is 7.86. The Morgan fingerprint density at radius 3 is 2.31 bits per heavy atom. The number of carboxylic acid groups (broad SMARTS) is 2. The quantitative estimate of drug-likeness (QED) is 0.692. The predicted octanol–water partition coefficient (Wildman–Crippen LogP) is 2.17. The summed E-state index contributed by atoms with van der Waals surface area (Å²) in [7, 11) is 0. The van der Waals surface area contributed by atoms with Crippen molar-refractivity contribution in [3.8, 4) is 0 Å². The van der Waals surface area contributed by atoms with E-state index in [4.69, 9.17) is 0 Å². The summed E-state index contributed by atoms with van der Waals surface area (Å²) in [4.78, 5) is 26.0. The summed E-state index contributed by atoms with van der Waals surface area (Å²) < 4.78 is -0.175. The van der Waals surface area contributed by atoms with Crippen molar-refractivity contribution in [1.29, 1.82) is 0 Å². The van der Waals surface area contributed by atoms with Crippen LogP contribution in [0.25, 0.3) is 0 Å². The maximum Gasteiger partial charge on any atom is 0.514 e. The summed E-state index contributed by atoms with van der Waals surface area (Å²) in [6.07, 6.45) is -0.622. The van der Waals surface area contributed by atoms with E-state index in [0.717, 1.165) is 0 Å². The zero-order valence-electron chi connectivity index (χ0n) is 15.6. The molecule has 7 nitrogen and oxygen atoms in total. The highest BCUT2D eigenvalue weighted by Crippen LogP contribution is 2.36. The molecule has 3 N–H and O–H groups in total. The number of benzene rings is 1. The molecular formula is C19H29N2O5+. The molecule has 1 aromatic carbocycles. The van der Waals surface area contributed by atoms with Gasteiger partial charge in [-0.25, -0.2) is 4.48 Å². The first-order valence-corrected chi connectivity index (χ1v) is 8.89. The highest BCUT2D eigenvalue weighted by molar-refractivity contribution is 5.75. The van der Waals surface area contributed by atoms with E-state index in [9.17, 15) is 24.9 Å². The molecule has 2 rings (SSSR count). The molecule has 0 bridgehead atoms. The van der Waals surface area contributed by atoms with Gasteiger partial charge in [0, 0.05) is 19.6 Å². The lowest BCUT2D eigenvalue weighted by Crippen LogP contribution is -2.74. The standard InChI is InChI=1S/C19H28N2O5/c1-19(2,3)21(18(25)26)11-10-20(13-15(21)9-12-22)16(17(23)24)14-7-5-4-6-8-14/h4-8,15-16,22H,9-13H2,1-3H3,(H-,23,24,25,26)/p+1/t15-,16?,21?/m1/s1. The second kappa shape index (κ2) is 7.73. The molecule has 2 unspecified atom stereocenters. The van der Waals surface area contributed by atoms with Gasteiger partial charge < -0.3 is 15.3 Å². The Labute approximate surface area is 154 Å². The molecule has 0 aliphatic carbocycles. The van der Waals surface area contributed by atoms with Crippen molar-refractivity contribution < 1.29 is 29.4 Å². The number of carbonyl (C=O) groups is 2. The lowest BCUT2D eigenvalue weighted by molar-refractivity contribution is -0.931. The van der Waals surface area contributed by atoms with Crippen molar-refractivity contribution >= 4 is 12.1 Å². The normalized spacial score (nSPS) is 25.6. The molecule has 0 aromatic heterocycles. The molecule has 0 saturated carbocycles. The third-order valence-electron chi connectivity index (χ3n) is 5.52. The first-order chi connectivity index (χ1) is 12.1. The van der Waals surface area contributed by atoms with E-state index in [2.05, 4.69) is 0 Å². The van der Waals surface area contributed by atoms with Gasteiger partial charge in [-0.05, 0) is 26.3 Å². The molecular weight excluding hydrogens is 336 g/mol. The Balaban J connectivity index is 2.39. The Kier molecular flexibility index (Phi) is 6.05. The Morgan fingerprint density at radius 1 is 1.23 bits per heavy atom. The van der Waals surface area contributed by atoms with Gasteiger partial charge in [-0.15, -0.1) is 0 Å². The van der Waals surface area contributed by atoms with Gasteiger partial charge in [0.15, 0.2) is 0 Å². The van der Waals surface area contributed by atoms with Crippen LogP contribution in [0, 0.1) is 0 Å². The maximum atomic E-state index is 12.2. The van der Waals surface area contributed by atoms with Crippen LogP contribution in [-0.4, -0.2) is 74.6 Å². The van der Waals surface area contributed by atoms with E-state index in [0.29, 0.717) is 31.6 Å². The van der Waals surface area contributed by atoms with Gasteiger partial charge in [0.25, 0.3) is 0 Å². The van der Waals surface area contributed by atoms with E-state index in [-0.39, 0.29) is 11.1 Å². The fourth-order valence-electron chi connectivity index (χ4n) is 4.23. The van der Waals surface area contributed by atoms with Gasteiger partial charge in [0.2, 0.25) is 0 Å². The van der Waals surface area contributed by atoms with E-state index >= 15 is 0 Å². The van der Waals surface area contributed by atoms with Crippen LogP contribution in [0.15, 0.2) is 30.3 Å². The van der Waals surface area contributed by atoms with Crippen molar-refractivity contribution in [1.82, 2.24) is 4.90 Å². The zero-order valence-corrected chi connectivity index (χ0v) is 15.6. The number of quaternary nitrogens is 1. The summed E-state index contributed by atoms with van der Waals surface area (Å²) in [5, 5.41) is 29.3. The number of aliphatic carboxylic acids is 1. The fourth-order valence-corrected chi connectivity index (χ4v) is 4.23. The number of nitrogens with zero attached hydrogens (tertiary/aromatic N) is 2. The van der Waals surface area contributed by atoms with E-state index in [1.165, 1.54) is 0 Å². The maximum absolute atomic E-state index is 12.2. The number of hydrogen-bond acceptors (Lipinski definition) is 4. The van der Waals surface area contributed by atoms with Crippen LogP contribution in [0.3, 0.4) is 0 Å². The van der Waals surface area contributed by atoms with Crippen LogP contribution in [-0.2, 0) is 4.79 Å². The van der Waals surface area contributed by atoms with Crippen LogP contribution in [0.2, 0.25) is 0 Å². The molecule has 7 heteroatoms. The number of hydrogen-bond donors (Lipinski definition) is 3. The number of amides is 1. The summed E-state index contributed by atoms with van der Waals surface area (Å²) >= 11 is 0. The average molecular weight is 365 g/mol. The Hall–Kier alpha value is -1.96. The number of piperazine rings is 1. The largest absolute Gasteiger partial charge is 0.514 e. The third-order valence-corrected chi connectivity index (χ3v) is 5.52. The van der Waals surface area contributed by atoms with Crippen LogP contribution in [0.4, 0.5) is 4.79 Å². The molecule has 1 amide bonds. The molecule has 3 atom stereocenters. The van der Waals surface area contributed by atoms with Crippen molar-refractivity contribution in [2.75, 3.05) is 26.2 Å². The molecule has 1 aromatic rings. The molecule has 1 saturated heterocycles. The summed E-state index contributed by atoms with van der Waals surface area (Å²) in [6.45, 7) is 6.46. The summed E-state index contributed by atoms with van der Waals surface area (Å²) in [5.74, 6) is -0.954. The van der Waals surface area contributed by atoms with Gasteiger partial charge in [0.05, 0.1) is 6.54 Å². The molecule has 1 fully saturated rings. The second-order valence-corrected chi connectivity index (χ2v) is 7.86. The highest BCUT2D eigenvalue weighted by atomic mass is 16.4. The van der Waals surface area contributed by atoms with Gasteiger partial charge in [-0.1, -0.05) is 30.3 Å². The van der Waals surface area contributed by atoms with Crippen molar-refractivity contribution in [3.05, 3.63) is 35.9 Å². The van der Waals surface area contributed by atoms with Gasteiger partial charge in [-0.3, -0.25) is 9.69 Å². The van der Waals surface area contributed by atoms with Gasteiger partial charge in [0.1, 0.15) is 24.2 Å². The van der Waals surface area contributed by atoms with E-state index < -0.39 is 29.7 Å². The highest BCUT2D eigenvalue weighted by Gasteiger charge is 2.56. The minimum atomic E-state index is -0.954. The molecule has 1 heterocycles. The van der Waals surface area contributed by atoms with Crippen LogP contribution < -0.4 is 0 Å². The SMILES string of the molecule is CC(C)(C)[N+]1(C(=O)O)CCN(C(C(=O)O)c2ccccc2)C[C@H]1CCO. The number of carboxylic acids is 1. The average Bonchev–Trinajstić information content (AvgIpc) is 2.55. The summed E-state index contributed by atoms with van der Waals surface area (Å²) in [5.41, 5.74) is 0.109. The Morgan fingerprint density at radius 2 is 1.85 bits per heavy atom. The molecule has 1 aliphatic rings. The zero-order chi connectivity index (χ0) is 19.5. The minimum Gasteiger partial charge on any atom is -0.480 e. The van der Waals surface area contributed by atoms with Crippen LogP contribution in [0.5, 0.6) is 0 Å². The molecule has 1 aliphatic heterocycles. The number of aliphatic hydroxyl groups excluding tert-OH is 1. The predicted molar refractivity (Wildman–Crippen MR) is 96.8 cm³/mol. The third kappa shape index (κ3) is 3.60. The molecule has 144 valence electrons. The molecule has 26 heavy (non-hydrogen) atoms. The summed E-state index contributed by atoms with van der Waals surface area (Å²) in [6, 6.07) is 7.76. The topological polar surface area (TPSA) is 98.1 Å². The number of aliphatic hydroxyl groups is 1. The van der Waals surface area contributed by atoms with Crippen LogP contribution in [0.1, 0.15) is 38.8 Å². The van der Waals surface area contributed by atoms with Crippen molar-refractivity contribution in [3.63, 3.8) is 0 Å². The Bertz CT molecular complexity index is 643. The molecule has 0 radical (unpaired) electrons.